The van der Waals surface area contributed by atoms with Crippen molar-refractivity contribution in [2.45, 2.75) is 25.2 Å². The van der Waals surface area contributed by atoms with Crippen LogP contribution in [0.1, 0.15) is 34.8 Å². The summed E-state index contributed by atoms with van der Waals surface area (Å²) >= 11 is 0. The topological polar surface area (TPSA) is 54.9 Å². The number of benzene rings is 1. The van der Waals surface area contributed by atoms with E-state index in [1.54, 1.807) is 24.4 Å². The Morgan fingerprint density at radius 1 is 1.12 bits per heavy atom. The number of hydrogen-bond acceptors (Lipinski definition) is 5. The largest absolute Gasteiger partial charge is 0.573 e. The average Bonchev–Trinajstić information content (AvgIpc) is 2.76. The van der Waals surface area contributed by atoms with Gasteiger partial charge in [-0.25, -0.2) is 0 Å². The number of hydrogen-bond donors (Lipinski definition) is 0. The lowest BCUT2D eigenvalue weighted by atomic mass is 9.63. The van der Waals surface area contributed by atoms with Crippen LogP contribution in [0, 0.1) is 5.41 Å². The molecule has 1 amide bonds. The number of ether oxygens (including phenoxy) is 2. The van der Waals surface area contributed by atoms with Gasteiger partial charge in [0.25, 0.3) is 5.91 Å². The predicted molar refractivity (Wildman–Crippen MR) is 111 cm³/mol. The van der Waals surface area contributed by atoms with Gasteiger partial charge in [0.15, 0.2) is 0 Å². The van der Waals surface area contributed by atoms with Crippen LogP contribution in [0.25, 0.3) is 0 Å². The molecular weight excluding hydrogens is 423 g/mol. The fraction of sp³-hybridized carbons (Fsp3) is 0.478. The van der Waals surface area contributed by atoms with E-state index in [2.05, 4.69) is 14.6 Å². The number of piperidine rings is 1. The van der Waals surface area contributed by atoms with E-state index in [0.717, 1.165) is 25.9 Å². The summed E-state index contributed by atoms with van der Waals surface area (Å²) in [4.78, 5) is 21.2. The number of likely N-dealkylation sites (tertiary alicyclic amines) is 2. The number of pyridine rings is 1. The molecule has 6 nitrogen and oxygen atoms in total. The van der Waals surface area contributed by atoms with Crippen LogP contribution in [0.5, 0.6) is 5.75 Å². The summed E-state index contributed by atoms with van der Waals surface area (Å²) in [6.45, 7) is 3.68. The number of aromatic nitrogens is 1. The molecule has 32 heavy (non-hydrogen) atoms. The van der Waals surface area contributed by atoms with Crippen LogP contribution in [0.2, 0.25) is 0 Å². The lowest BCUT2D eigenvalue weighted by molar-refractivity contribution is -0.274. The Morgan fingerprint density at radius 3 is 2.38 bits per heavy atom. The number of nitrogens with zero attached hydrogens (tertiary/aromatic N) is 3. The van der Waals surface area contributed by atoms with Gasteiger partial charge in [0.1, 0.15) is 5.75 Å². The zero-order valence-electron chi connectivity index (χ0n) is 17.8. The Balaban J connectivity index is 1.41. The molecule has 2 saturated heterocycles. The fourth-order valence-electron chi connectivity index (χ4n) is 4.95. The van der Waals surface area contributed by atoms with E-state index in [-0.39, 0.29) is 23.1 Å². The summed E-state index contributed by atoms with van der Waals surface area (Å²) in [5, 5.41) is 0. The van der Waals surface area contributed by atoms with Crippen LogP contribution in [0.15, 0.2) is 48.8 Å². The first kappa shape index (κ1) is 22.5. The molecule has 2 aromatic rings. The average molecular weight is 449 g/mol. The maximum Gasteiger partial charge on any atom is 0.573 e. The van der Waals surface area contributed by atoms with Crippen LogP contribution in [-0.2, 0) is 4.74 Å². The summed E-state index contributed by atoms with van der Waals surface area (Å²) in [7, 11) is 1.70. The number of amides is 1. The molecule has 1 atom stereocenters. The van der Waals surface area contributed by atoms with Gasteiger partial charge in [0, 0.05) is 62.7 Å². The molecule has 0 radical (unpaired) electrons. The van der Waals surface area contributed by atoms with Crippen molar-refractivity contribution in [2.75, 3.05) is 39.9 Å². The number of alkyl halides is 3. The van der Waals surface area contributed by atoms with Gasteiger partial charge in [0.2, 0.25) is 0 Å². The Labute approximate surface area is 184 Å². The Bertz CT molecular complexity index is 914. The lowest BCUT2D eigenvalue weighted by Gasteiger charge is -2.60. The highest BCUT2D eigenvalue weighted by molar-refractivity contribution is 5.94. The minimum absolute atomic E-state index is 0.0935. The first-order valence-corrected chi connectivity index (χ1v) is 10.6. The van der Waals surface area contributed by atoms with Gasteiger partial charge < -0.3 is 14.4 Å². The van der Waals surface area contributed by atoms with Crippen molar-refractivity contribution in [1.82, 2.24) is 14.8 Å². The van der Waals surface area contributed by atoms with Crippen LogP contribution in [0.3, 0.4) is 0 Å². The minimum atomic E-state index is -4.75. The molecule has 9 heteroatoms. The van der Waals surface area contributed by atoms with Crippen molar-refractivity contribution in [3.63, 3.8) is 0 Å². The third-order valence-corrected chi connectivity index (χ3v) is 6.45. The standard InChI is InChI=1S/C23H26F3N3O3/c1-31-15-14-29-16-22(20(29)17-6-10-27-11-7-17)8-12-28(13-9-22)21(30)18-2-4-19(5-3-18)32-23(24,25)26/h2-7,10-11,20H,8-9,12-16H2,1H3. The summed E-state index contributed by atoms with van der Waals surface area (Å²) < 4.78 is 46.2. The molecule has 1 aromatic carbocycles. The summed E-state index contributed by atoms with van der Waals surface area (Å²) in [5.74, 6) is -0.508. The third kappa shape index (κ3) is 4.73. The zero-order valence-corrected chi connectivity index (χ0v) is 17.8. The third-order valence-electron chi connectivity index (χ3n) is 6.45. The smallest absolute Gasteiger partial charge is 0.406 e. The Morgan fingerprint density at radius 2 is 1.78 bits per heavy atom. The maximum atomic E-state index is 12.9. The molecule has 2 aliphatic rings. The number of halogens is 3. The van der Waals surface area contributed by atoms with Crippen molar-refractivity contribution in [3.8, 4) is 5.75 Å². The van der Waals surface area contributed by atoms with Gasteiger partial charge in [0.05, 0.1) is 6.61 Å². The molecule has 4 rings (SSSR count). The molecule has 1 spiro atoms. The highest BCUT2D eigenvalue weighted by Crippen LogP contribution is 2.54. The zero-order chi connectivity index (χ0) is 22.8. The number of methoxy groups -OCH3 is 1. The molecule has 3 heterocycles. The van der Waals surface area contributed by atoms with Crippen molar-refractivity contribution >= 4 is 5.91 Å². The molecule has 0 N–H and O–H groups in total. The Kier molecular flexibility index (Phi) is 6.39. The number of carbonyl (C=O) groups is 1. The Hall–Kier alpha value is -2.65. The van der Waals surface area contributed by atoms with E-state index in [4.69, 9.17) is 4.74 Å². The predicted octanol–water partition coefficient (Wildman–Crippen LogP) is 3.91. The second-order valence-electron chi connectivity index (χ2n) is 8.37. The molecule has 0 aliphatic carbocycles. The number of rotatable bonds is 6. The van der Waals surface area contributed by atoms with Crippen LogP contribution in [0.4, 0.5) is 13.2 Å². The van der Waals surface area contributed by atoms with E-state index in [1.807, 2.05) is 12.1 Å². The van der Waals surface area contributed by atoms with E-state index in [0.29, 0.717) is 25.3 Å². The SMILES string of the molecule is COCCN1CC2(CCN(C(=O)c3ccc(OC(F)(F)F)cc3)CC2)C1c1ccncc1. The van der Waals surface area contributed by atoms with Crippen molar-refractivity contribution in [3.05, 3.63) is 59.9 Å². The highest BCUT2D eigenvalue weighted by Gasteiger charge is 2.53. The van der Waals surface area contributed by atoms with Crippen LogP contribution >= 0.6 is 0 Å². The molecule has 1 unspecified atom stereocenters. The minimum Gasteiger partial charge on any atom is -0.406 e. The summed E-state index contributed by atoms with van der Waals surface area (Å²) in [5.41, 5.74) is 1.68. The van der Waals surface area contributed by atoms with E-state index in [9.17, 15) is 18.0 Å². The summed E-state index contributed by atoms with van der Waals surface area (Å²) in [6, 6.07) is 9.46. The van der Waals surface area contributed by atoms with Crippen LogP contribution in [-0.4, -0.2) is 66.9 Å². The van der Waals surface area contributed by atoms with Gasteiger partial charge in [-0.3, -0.25) is 14.7 Å². The normalized spacial score (nSPS) is 20.8. The van der Waals surface area contributed by atoms with Crippen LogP contribution < -0.4 is 4.74 Å². The molecule has 1 aromatic heterocycles. The molecular formula is C23H26F3N3O3. The molecule has 2 aliphatic heterocycles. The van der Waals surface area contributed by atoms with Crippen molar-refractivity contribution in [1.29, 1.82) is 0 Å². The van der Waals surface area contributed by atoms with Gasteiger partial charge in [-0.2, -0.15) is 0 Å². The lowest BCUT2D eigenvalue weighted by Crippen LogP contribution is -2.62. The van der Waals surface area contributed by atoms with E-state index >= 15 is 0 Å². The highest BCUT2D eigenvalue weighted by atomic mass is 19.4. The van der Waals surface area contributed by atoms with Gasteiger partial charge >= 0.3 is 6.36 Å². The van der Waals surface area contributed by atoms with Gasteiger partial charge in [-0.05, 0) is 54.8 Å². The second kappa shape index (κ2) is 9.07. The van der Waals surface area contributed by atoms with Crippen molar-refractivity contribution in [2.24, 2.45) is 5.41 Å². The first-order valence-electron chi connectivity index (χ1n) is 10.6. The fourth-order valence-corrected chi connectivity index (χ4v) is 4.95. The molecule has 172 valence electrons. The van der Waals surface area contributed by atoms with E-state index < -0.39 is 6.36 Å². The van der Waals surface area contributed by atoms with Crippen molar-refractivity contribution < 1.29 is 27.4 Å². The monoisotopic (exact) mass is 449 g/mol. The molecule has 0 bridgehead atoms. The molecule has 0 saturated carbocycles. The quantitative estimate of drug-likeness (QED) is 0.670. The van der Waals surface area contributed by atoms with Gasteiger partial charge in [-0.15, -0.1) is 13.2 Å². The first-order chi connectivity index (χ1) is 15.3. The van der Waals surface area contributed by atoms with Gasteiger partial charge in [-0.1, -0.05) is 0 Å². The number of carbonyl (C=O) groups excluding carboxylic acids is 1. The molecule has 2 fully saturated rings. The summed E-state index contributed by atoms with van der Waals surface area (Å²) in [6.07, 6.45) is 0.592. The second-order valence-corrected chi connectivity index (χ2v) is 8.37. The maximum absolute atomic E-state index is 12.9. The van der Waals surface area contributed by atoms with E-state index in [1.165, 1.54) is 29.8 Å².